The predicted octanol–water partition coefficient (Wildman–Crippen LogP) is 15.4. The first-order valence-corrected chi connectivity index (χ1v) is 22.5. The maximum absolute atomic E-state index is 4.38. The van der Waals surface area contributed by atoms with Gasteiger partial charge in [-0.15, -0.1) is 0 Å². The maximum atomic E-state index is 4.38. The van der Waals surface area contributed by atoms with Gasteiger partial charge in [-0.25, -0.2) is 0 Å². The van der Waals surface area contributed by atoms with Crippen LogP contribution in [0, 0.1) is 0 Å². The standard InChI is InChI=1S/C64H46/c1-3-26-44(27-4-2)62(45-28-10-5-11-29-45)53-41-23-20-38-50(53)56-59(62)57-51-39-21-24-42-54(51)63(46-30-12-6-13-31-46,47-32-14-7-15-33-47)61(57)58-52-40-22-25-43-55(52)64(60(56)58,48-34-16-8-17-35-48)49-36-18-9-19-37-49/h3-43H,1H2,2H3/b27-4-,44-26+/t62-/m0/s1. The van der Waals surface area contributed by atoms with Crippen LogP contribution in [0.15, 0.2) is 261 Å². The highest BCUT2D eigenvalue weighted by molar-refractivity contribution is 6.09. The summed E-state index contributed by atoms with van der Waals surface area (Å²) >= 11 is 0. The van der Waals surface area contributed by atoms with Crippen molar-refractivity contribution in [1.29, 1.82) is 0 Å². The zero-order valence-electron chi connectivity index (χ0n) is 35.9. The summed E-state index contributed by atoms with van der Waals surface area (Å²) in [4.78, 5) is 0. The molecule has 12 rings (SSSR count). The van der Waals surface area contributed by atoms with Crippen molar-refractivity contribution in [3.63, 3.8) is 0 Å². The van der Waals surface area contributed by atoms with Gasteiger partial charge in [-0.1, -0.05) is 255 Å². The molecule has 1 atom stereocenters. The van der Waals surface area contributed by atoms with Gasteiger partial charge in [0.05, 0.1) is 16.2 Å². The van der Waals surface area contributed by atoms with Gasteiger partial charge in [-0.05, 0) is 107 Å². The van der Waals surface area contributed by atoms with E-state index in [1.54, 1.807) is 0 Å². The molecular formula is C64H46. The Morgan fingerprint density at radius 2 is 0.672 bits per heavy atom. The number of allylic oxidation sites excluding steroid dienone is 5. The van der Waals surface area contributed by atoms with Crippen LogP contribution >= 0.6 is 0 Å². The van der Waals surface area contributed by atoms with Crippen molar-refractivity contribution in [2.45, 2.75) is 23.2 Å². The second-order valence-corrected chi connectivity index (χ2v) is 17.3. The molecule has 0 spiro atoms. The number of hydrogen-bond acceptors (Lipinski definition) is 0. The molecule has 0 amide bonds. The summed E-state index contributed by atoms with van der Waals surface area (Å²) in [7, 11) is 0. The molecule has 0 radical (unpaired) electrons. The first-order valence-electron chi connectivity index (χ1n) is 22.5. The summed E-state index contributed by atoms with van der Waals surface area (Å²) in [6.45, 7) is 6.52. The van der Waals surface area contributed by atoms with Crippen LogP contribution in [-0.2, 0) is 16.2 Å². The number of rotatable bonds is 8. The van der Waals surface area contributed by atoms with Crippen molar-refractivity contribution in [3.8, 4) is 33.4 Å². The lowest BCUT2D eigenvalue weighted by atomic mass is 9.60. The topological polar surface area (TPSA) is 0 Å². The minimum atomic E-state index is -0.739. The second-order valence-electron chi connectivity index (χ2n) is 17.3. The van der Waals surface area contributed by atoms with Crippen LogP contribution < -0.4 is 0 Å². The fourth-order valence-corrected chi connectivity index (χ4v) is 12.5. The van der Waals surface area contributed by atoms with E-state index in [1.807, 2.05) is 6.08 Å². The fraction of sp³-hybridized carbons (Fsp3) is 0.0625. The number of fused-ring (bicyclic) bond motifs is 12. The van der Waals surface area contributed by atoms with E-state index in [2.05, 4.69) is 256 Å². The minimum absolute atomic E-state index is 0.690. The van der Waals surface area contributed by atoms with Crippen LogP contribution in [-0.4, -0.2) is 0 Å². The molecule has 0 nitrogen and oxygen atoms in total. The van der Waals surface area contributed by atoms with Gasteiger partial charge in [0.1, 0.15) is 0 Å². The third-order valence-corrected chi connectivity index (χ3v) is 14.5. The number of hydrogen-bond donors (Lipinski definition) is 0. The Morgan fingerprint density at radius 1 is 0.359 bits per heavy atom. The zero-order chi connectivity index (χ0) is 42.9. The Morgan fingerprint density at radius 3 is 1.05 bits per heavy atom. The summed E-state index contributed by atoms with van der Waals surface area (Å²) < 4.78 is 0. The van der Waals surface area contributed by atoms with Crippen LogP contribution in [0.4, 0.5) is 0 Å². The van der Waals surface area contributed by atoms with E-state index in [9.17, 15) is 0 Å². The van der Waals surface area contributed by atoms with Crippen LogP contribution in [0.25, 0.3) is 33.4 Å². The second kappa shape index (κ2) is 14.7. The van der Waals surface area contributed by atoms with Crippen molar-refractivity contribution >= 4 is 0 Å². The van der Waals surface area contributed by atoms with Crippen LogP contribution in [0.5, 0.6) is 0 Å². The molecule has 0 saturated heterocycles. The van der Waals surface area contributed by atoms with E-state index in [1.165, 1.54) is 100 Å². The molecule has 0 bridgehead atoms. The molecule has 0 unspecified atom stereocenters. The molecule has 9 aromatic carbocycles. The molecule has 0 heterocycles. The zero-order valence-corrected chi connectivity index (χ0v) is 35.9. The lowest BCUT2D eigenvalue weighted by Crippen LogP contribution is -2.33. The van der Waals surface area contributed by atoms with Crippen molar-refractivity contribution in [2.24, 2.45) is 0 Å². The largest absolute Gasteiger partial charge is 0.0991 e. The Bertz CT molecular complexity index is 3130. The van der Waals surface area contributed by atoms with Gasteiger partial charge in [0.2, 0.25) is 0 Å². The molecule has 3 aliphatic carbocycles. The van der Waals surface area contributed by atoms with E-state index >= 15 is 0 Å². The first-order chi connectivity index (χ1) is 31.7. The summed E-state index contributed by atoms with van der Waals surface area (Å²) in [5.74, 6) is 0. The van der Waals surface area contributed by atoms with Crippen molar-refractivity contribution in [2.75, 3.05) is 0 Å². The Kier molecular flexibility index (Phi) is 8.68. The van der Waals surface area contributed by atoms with Gasteiger partial charge >= 0.3 is 0 Å². The molecule has 0 aliphatic heterocycles. The maximum Gasteiger partial charge on any atom is 0.0719 e. The number of benzene rings is 9. The highest BCUT2D eigenvalue weighted by Crippen LogP contribution is 2.72. The van der Waals surface area contributed by atoms with Gasteiger partial charge in [0, 0.05) is 0 Å². The first kappa shape index (κ1) is 37.9. The van der Waals surface area contributed by atoms with E-state index in [4.69, 9.17) is 0 Å². The molecular weight excluding hydrogens is 769 g/mol. The highest BCUT2D eigenvalue weighted by Gasteiger charge is 2.60. The Hall–Kier alpha value is -7.80. The van der Waals surface area contributed by atoms with Gasteiger partial charge < -0.3 is 0 Å². The van der Waals surface area contributed by atoms with Crippen LogP contribution in [0.3, 0.4) is 0 Å². The predicted molar refractivity (Wildman–Crippen MR) is 266 cm³/mol. The average molecular weight is 815 g/mol. The summed E-state index contributed by atoms with van der Waals surface area (Å²) in [6.07, 6.45) is 8.78. The molecule has 302 valence electrons. The average Bonchev–Trinajstić information content (AvgIpc) is 3.97. The summed E-state index contributed by atoms with van der Waals surface area (Å²) in [5, 5.41) is 0. The summed E-state index contributed by atoms with van der Waals surface area (Å²) in [5.41, 5.74) is 20.9. The monoisotopic (exact) mass is 814 g/mol. The molecule has 0 heteroatoms. The van der Waals surface area contributed by atoms with Gasteiger partial charge in [-0.3, -0.25) is 0 Å². The summed E-state index contributed by atoms with van der Waals surface area (Å²) in [6, 6.07) is 84.5. The molecule has 0 aromatic heterocycles. The van der Waals surface area contributed by atoms with Crippen LogP contribution in [0.1, 0.15) is 68.1 Å². The molecule has 9 aromatic rings. The van der Waals surface area contributed by atoms with E-state index in [0.29, 0.717) is 0 Å². The quantitative estimate of drug-likeness (QED) is 0.134. The van der Waals surface area contributed by atoms with Crippen molar-refractivity contribution in [3.05, 3.63) is 322 Å². The molecule has 0 fully saturated rings. The molecule has 3 aliphatic rings. The third-order valence-electron chi connectivity index (χ3n) is 14.5. The van der Waals surface area contributed by atoms with E-state index in [-0.39, 0.29) is 0 Å². The normalized spacial score (nSPS) is 16.9. The van der Waals surface area contributed by atoms with Crippen molar-refractivity contribution < 1.29 is 0 Å². The Labute approximate surface area is 376 Å². The lowest BCUT2D eigenvalue weighted by molar-refractivity contribution is 0.740. The molecule has 64 heavy (non-hydrogen) atoms. The third kappa shape index (κ3) is 4.78. The fourth-order valence-electron chi connectivity index (χ4n) is 12.5. The minimum Gasteiger partial charge on any atom is -0.0991 e. The van der Waals surface area contributed by atoms with Gasteiger partial charge in [0.15, 0.2) is 0 Å². The van der Waals surface area contributed by atoms with E-state index in [0.717, 1.165) is 0 Å². The van der Waals surface area contributed by atoms with Gasteiger partial charge in [0.25, 0.3) is 0 Å². The van der Waals surface area contributed by atoms with Gasteiger partial charge in [-0.2, -0.15) is 0 Å². The van der Waals surface area contributed by atoms with Crippen LogP contribution in [0.2, 0.25) is 0 Å². The van der Waals surface area contributed by atoms with Crippen molar-refractivity contribution in [1.82, 2.24) is 0 Å². The molecule has 0 saturated carbocycles. The van der Waals surface area contributed by atoms with E-state index < -0.39 is 16.2 Å². The smallest absolute Gasteiger partial charge is 0.0719 e. The molecule has 0 N–H and O–H groups in total. The lowest BCUT2D eigenvalue weighted by Gasteiger charge is -2.40. The SMILES string of the molecule is C=C/C=C(\C=C/C)[C@]1(c2ccccc2)c2ccccc2-c2c3c(c4c(c21)-c1ccccc1C4(c1ccccc1)c1ccccc1)-c1ccccc1C3(c1ccccc1)c1ccccc1. The Balaban J connectivity index is 1.46. The highest BCUT2D eigenvalue weighted by atomic mass is 14.6.